The van der Waals surface area contributed by atoms with Crippen molar-refractivity contribution in [1.29, 1.82) is 0 Å². The molecule has 0 bridgehead atoms. The molecule has 4 nitrogen and oxygen atoms in total. The number of rotatable bonds is 2. The predicted molar refractivity (Wildman–Crippen MR) is 53.3 cm³/mol. The van der Waals surface area contributed by atoms with Crippen LogP contribution in [0.1, 0.15) is 39.4 Å². The second-order valence-electron chi connectivity index (χ2n) is 4.45. The Bertz CT molecular complexity index is 336. The molecule has 1 N–H and O–H groups in total. The van der Waals surface area contributed by atoms with Crippen molar-refractivity contribution in [2.24, 2.45) is 0 Å². The lowest BCUT2D eigenvalue weighted by Crippen LogP contribution is -2.23. The van der Waals surface area contributed by atoms with E-state index in [9.17, 15) is 4.79 Å². The van der Waals surface area contributed by atoms with Gasteiger partial charge < -0.3 is 9.67 Å². The Balaban J connectivity index is 3.11. The van der Waals surface area contributed by atoms with Crippen LogP contribution in [0, 0.1) is 0 Å². The minimum atomic E-state index is -0.839. The Hall–Kier alpha value is -1.32. The van der Waals surface area contributed by atoms with Crippen LogP contribution in [0.2, 0.25) is 0 Å². The predicted octanol–water partition coefficient (Wildman–Crippen LogP) is 1.83. The summed E-state index contributed by atoms with van der Waals surface area (Å²) in [6.45, 7) is 7.76. The van der Waals surface area contributed by atoms with E-state index < -0.39 is 12.0 Å². The van der Waals surface area contributed by atoms with Crippen LogP contribution in [-0.2, 0) is 10.2 Å². The molecular formula is C10H16N2O2. The number of aliphatic carboxylic acids is 1. The van der Waals surface area contributed by atoms with Crippen molar-refractivity contribution in [1.82, 2.24) is 9.55 Å². The number of imidazole rings is 1. The van der Waals surface area contributed by atoms with E-state index in [1.807, 2.05) is 20.8 Å². The number of carbonyl (C=O) groups is 1. The lowest BCUT2D eigenvalue weighted by Gasteiger charge is -2.22. The molecule has 14 heavy (non-hydrogen) atoms. The highest BCUT2D eigenvalue weighted by atomic mass is 16.4. The summed E-state index contributed by atoms with van der Waals surface area (Å²) < 4.78 is 1.70. The smallest absolute Gasteiger partial charge is 0.326 e. The van der Waals surface area contributed by atoms with Crippen molar-refractivity contribution in [3.8, 4) is 0 Å². The molecule has 0 amide bonds. The largest absolute Gasteiger partial charge is 0.480 e. The zero-order valence-electron chi connectivity index (χ0n) is 8.98. The zero-order chi connectivity index (χ0) is 10.9. The van der Waals surface area contributed by atoms with Crippen molar-refractivity contribution in [3.05, 3.63) is 18.2 Å². The Morgan fingerprint density at radius 1 is 1.57 bits per heavy atom. The van der Waals surface area contributed by atoms with Gasteiger partial charge in [0.2, 0.25) is 0 Å². The molecule has 78 valence electrons. The first-order valence-electron chi connectivity index (χ1n) is 4.59. The van der Waals surface area contributed by atoms with Crippen molar-refractivity contribution >= 4 is 5.97 Å². The summed E-state index contributed by atoms with van der Waals surface area (Å²) in [5.41, 5.74) is 0.854. The molecule has 1 atom stereocenters. The van der Waals surface area contributed by atoms with Crippen LogP contribution in [0.15, 0.2) is 12.5 Å². The van der Waals surface area contributed by atoms with Crippen molar-refractivity contribution in [3.63, 3.8) is 0 Å². The van der Waals surface area contributed by atoms with Crippen molar-refractivity contribution in [2.45, 2.75) is 39.2 Å². The zero-order valence-corrected chi connectivity index (χ0v) is 8.98. The van der Waals surface area contributed by atoms with E-state index in [1.165, 1.54) is 0 Å². The normalized spacial score (nSPS) is 14.0. The minimum Gasteiger partial charge on any atom is -0.480 e. The van der Waals surface area contributed by atoms with Crippen molar-refractivity contribution < 1.29 is 9.90 Å². The summed E-state index contributed by atoms with van der Waals surface area (Å²) in [6, 6.07) is -0.563. The fraction of sp³-hybridized carbons (Fsp3) is 0.600. The number of hydrogen-bond donors (Lipinski definition) is 1. The molecule has 0 saturated carbocycles. The van der Waals surface area contributed by atoms with Gasteiger partial charge in [0.05, 0.1) is 6.33 Å². The van der Waals surface area contributed by atoms with E-state index >= 15 is 0 Å². The van der Waals surface area contributed by atoms with Gasteiger partial charge in [0.15, 0.2) is 0 Å². The van der Waals surface area contributed by atoms with Gasteiger partial charge in [-0.15, -0.1) is 0 Å². The third-order valence-corrected chi connectivity index (χ3v) is 2.21. The molecular weight excluding hydrogens is 180 g/mol. The topological polar surface area (TPSA) is 55.1 Å². The Kier molecular flexibility index (Phi) is 2.64. The second kappa shape index (κ2) is 3.44. The lowest BCUT2D eigenvalue weighted by atomic mass is 9.92. The highest BCUT2D eigenvalue weighted by molar-refractivity contribution is 5.71. The van der Waals surface area contributed by atoms with Gasteiger partial charge in [0.25, 0.3) is 0 Å². The van der Waals surface area contributed by atoms with Crippen LogP contribution in [-0.4, -0.2) is 20.6 Å². The first-order valence-corrected chi connectivity index (χ1v) is 4.59. The highest BCUT2D eigenvalue weighted by Gasteiger charge is 2.23. The molecule has 0 aliphatic rings. The fourth-order valence-electron chi connectivity index (χ4n) is 1.31. The van der Waals surface area contributed by atoms with E-state index in [0.717, 1.165) is 5.69 Å². The standard InChI is InChI=1S/C10H16N2O2/c1-7(9(13)14)12-6-11-5-8(12)10(2,3)4/h5-7H,1-4H3,(H,13,14). The molecule has 0 aliphatic heterocycles. The molecule has 1 aromatic rings. The molecule has 1 heterocycles. The van der Waals surface area contributed by atoms with Crippen LogP contribution >= 0.6 is 0 Å². The van der Waals surface area contributed by atoms with Gasteiger partial charge in [-0.3, -0.25) is 0 Å². The summed E-state index contributed by atoms with van der Waals surface area (Å²) in [5.74, 6) is -0.839. The van der Waals surface area contributed by atoms with Crippen LogP contribution in [0.25, 0.3) is 0 Å². The Labute approximate surface area is 83.6 Å². The second-order valence-corrected chi connectivity index (χ2v) is 4.45. The van der Waals surface area contributed by atoms with Crippen molar-refractivity contribution in [2.75, 3.05) is 0 Å². The molecule has 0 aliphatic carbocycles. The van der Waals surface area contributed by atoms with Gasteiger partial charge >= 0.3 is 5.97 Å². The van der Waals surface area contributed by atoms with E-state index in [0.29, 0.717) is 0 Å². The van der Waals surface area contributed by atoms with E-state index in [1.54, 1.807) is 24.0 Å². The van der Waals surface area contributed by atoms with E-state index in [4.69, 9.17) is 5.11 Å². The number of carboxylic acid groups (broad SMARTS) is 1. The fourth-order valence-corrected chi connectivity index (χ4v) is 1.31. The summed E-state index contributed by atoms with van der Waals surface area (Å²) in [5, 5.41) is 8.90. The van der Waals surface area contributed by atoms with Gasteiger partial charge in [-0.1, -0.05) is 20.8 Å². The Morgan fingerprint density at radius 2 is 2.14 bits per heavy atom. The summed E-state index contributed by atoms with van der Waals surface area (Å²) in [7, 11) is 0. The quantitative estimate of drug-likeness (QED) is 0.785. The monoisotopic (exact) mass is 196 g/mol. The molecule has 1 aromatic heterocycles. The SMILES string of the molecule is CC(C(=O)O)n1cncc1C(C)(C)C. The van der Waals surface area contributed by atoms with Gasteiger partial charge in [0.1, 0.15) is 6.04 Å². The maximum absolute atomic E-state index is 10.8. The molecule has 1 unspecified atom stereocenters. The van der Waals surface area contributed by atoms with Gasteiger partial charge in [0, 0.05) is 17.3 Å². The lowest BCUT2D eigenvalue weighted by molar-refractivity contribution is -0.140. The first kappa shape index (κ1) is 10.8. The molecule has 0 spiro atoms. The molecule has 4 heteroatoms. The van der Waals surface area contributed by atoms with Crippen LogP contribution in [0.3, 0.4) is 0 Å². The summed E-state index contributed by atoms with van der Waals surface area (Å²) in [4.78, 5) is 14.8. The molecule has 0 saturated heterocycles. The Morgan fingerprint density at radius 3 is 2.57 bits per heavy atom. The first-order chi connectivity index (χ1) is 6.34. The van der Waals surface area contributed by atoms with E-state index in [2.05, 4.69) is 4.98 Å². The van der Waals surface area contributed by atoms with Gasteiger partial charge in [-0.2, -0.15) is 0 Å². The maximum Gasteiger partial charge on any atom is 0.326 e. The minimum absolute atomic E-state index is 0.0831. The highest BCUT2D eigenvalue weighted by Crippen LogP contribution is 2.24. The van der Waals surface area contributed by atoms with Crippen LogP contribution in [0.4, 0.5) is 0 Å². The average Bonchev–Trinajstić information content (AvgIpc) is 2.48. The van der Waals surface area contributed by atoms with Crippen LogP contribution in [0.5, 0.6) is 0 Å². The number of aromatic nitrogens is 2. The third kappa shape index (κ3) is 1.95. The maximum atomic E-state index is 10.8. The summed E-state index contributed by atoms with van der Waals surface area (Å²) in [6.07, 6.45) is 3.29. The molecule has 1 rings (SSSR count). The number of carboxylic acids is 1. The number of nitrogens with zero attached hydrogens (tertiary/aromatic N) is 2. The van der Waals surface area contributed by atoms with Gasteiger partial charge in [-0.05, 0) is 6.92 Å². The van der Waals surface area contributed by atoms with Gasteiger partial charge in [-0.25, -0.2) is 9.78 Å². The molecule has 0 radical (unpaired) electrons. The van der Waals surface area contributed by atoms with Crippen LogP contribution < -0.4 is 0 Å². The third-order valence-electron chi connectivity index (χ3n) is 2.21. The molecule has 0 fully saturated rings. The van der Waals surface area contributed by atoms with E-state index in [-0.39, 0.29) is 5.41 Å². The number of hydrogen-bond acceptors (Lipinski definition) is 2. The molecule has 0 aromatic carbocycles. The average molecular weight is 196 g/mol. The summed E-state index contributed by atoms with van der Waals surface area (Å²) >= 11 is 0.